The van der Waals surface area contributed by atoms with Crippen molar-refractivity contribution in [3.8, 4) is 0 Å². The first-order valence-corrected chi connectivity index (χ1v) is 13.0. The number of benzene rings is 2. The Kier molecular flexibility index (Phi) is 8.26. The Labute approximate surface area is 223 Å². The van der Waals surface area contributed by atoms with Crippen molar-refractivity contribution in [1.82, 2.24) is 19.6 Å². The highest BCUT2D eigenvalue weighted by atomic mass is 19.4. The molecule has 2 heterocycles. The highest BCUT2D eigenvalue weighted by molar-refractivity contribution is 5.79. The minimum Gasteiger partial charge on any atom is -0.369 e. The van der Waals surface area contributed by atoms with Crippen LogP contribution in [0.1, 0.15) is 47.8 Å². The Balaban J connectivity index is 1.51. The molecule has 0 radical (unpaired) electrons. The van der Waals surface area contributed by atoms with E-state index in [1.807, 2.05) is 37.3 Å². The molecule has 1 aliphatic heterocycles. The summed E-state index contributed by atoms with van der Waals surface area (Å²) in [4.78, 5) is 4.55. The van der Waals surface area contributed by atoms with Gasteiger partial charge in [0.25, 0.3) is 0 Å². The van der Waals surface area contributed by atoms with E-state index in [1.165, 1.54) is 11.8 Å². The van der Waals surface area contributed by atoms with E-state index in [9.17, 15) is 13.2 Å². The van der Waals surface area contributed by atoms with Crippen LogP contribution in [0.15, 0.2) is 80.0 Å². The van der Waals surface area contributed by atoms with Crippen molar-refractivity contribution in [2.75, 3.05) is 26.2 Å². The molecule has 4 nitrogen and oxygen atoms in total. The van der Waals surface area contributed by atoms with E-state index in [0.717, 1.165) is 48.9 Å². The second-order valence-electron chi connectivity index (χ2n) is 9.71. The van der Waals surface area contributed by atoms with Gasteiger partial charge in [-0.05, 0) is 48.6 Å². The number of allylic oxidation sites excluding steroid dienone is 3. The van der Waals surface area contributed by atoms with E-state index < -0.39 is 11.9 Å². The number of hydrogen-bond acceptors (Lipinski definition) is 3. The van der Waals surface area contributed by atoms with E-state index >= 15 is 0 Å². The first kappa shape index (κ1) is 27.5. The highest BCUT2D eigenvalue weighted by Crippen LogP contribution is 2.35. The molecule has 1 atom stereocenters. The fraction of sp³-hybridized carbons (Fsp3) is 0.323. The van der Waals surface area contributed by atoms with Crippen molar-refractivity contribution in [1.29, 1.82) is 0 Å². The van der Waals surface area contributed by atoms with Gasteiger partial charge in [-0.2, -0.15) is 18.3 Å². The number of hydrogen-bond donors (Lipinski definition) is 0. The number of piperazine rings is 1. The molecule has 0 spiro atoms. The molecule has 1 fully saturated rings. The average Bonchev–Trinajstić information content (AvgIpc) is 3.31. The average molecular weight is 521 g/mol. The normalized spacial score (nSPS) is 15.9. The molecule has 1 saturated heterocycles. The van der Waals surface area contributed by atoms with Crippen LogP contribution in [0.3, 0.4) is 0 Å². The predicted molar refractivity (Wildman–Crippen MR) is 149 cm³/mol. The maximum atomic E-state index is 14.2. The number of nitrogens with zero attached hydrogens (tertiary/aromatic N) is 4. The topological polar surface area (TPSA) is 24.3 Å². The second-order valence-corrected chi connectivity index (χ2v) is 9.71. The summed E-state index contributed by atoms with van der Waals surface area (Å²) >= 11 is 0. The van der Waals surface area contributed by atoms with Gasteiger partial charge in [-0.3, -0.25) is 4.90 Å². The van der Waals surface area contributed by atoms with Crippen molar-refractivity contribution in [2.24, 2.45) is 0 Å². The third-order valence-electron chi connectivity index (χ3n) is 7.41. The Bertz CT molecular complexity index is 1300. The monoisotopic (exact) mass is 520 g/mol. The Morgan fingerprint density at radius 3 is 2.21 bits per heavy atom. The van der Waals surface area contributed by atoms with Gasteiger partial charge in [0.2, 0.25) is 0 Å². The Hall–Kier alpha value is -3.58. The summed E-state index contributed by atoms with van der Waals surface area (Å²) < 4.78 is 43.5. The van der Waals surface area contributed by atoms with Gasteiger partial charge in [0, 0.05) is 43.5 Å². The zero-order valence-electron chi connectivity index (χ0n) is 22.3. The van der Waals surface area contributed by atoms with Crippen LogP contribution in [0, 0.1) is 6.92 Å². The van der Waals surface area contributed by atoms with Crippen molar-refractivity contribution in [3.05, 3.63) is 108 Å². The molecule has 200 valence electrons. The Morgan fingerprint density at radius 1 is 1.00 bits per heavy atom. The molecule has 0 N–H and O–H groups in total. The lowest BCUT2D eigenvalue weighted by Crippen LogP contribution is -2.46. The van der Waals surface area contributed by atoms with Gasteiger partial charge in [0.15, 0.2) is 0 Å². The molecule has 1 aliphatic rings. The van der Waals surface area contributed by atoms with Crippen LogP contribution in [0.25, 0.3) is 17.0 Å². The fourth-order valence-corrected chi connectivity index (χ4v) is 4.89. The molecule has 1 aromatic heterocycles. The molecule has 2 aromatic carbocycles. The van der Waals surface area contributed by atoms with Gasteiger partial charge in [0.1, 0.15) is 5.70 Å². The number of halogens is 3. The van der Waals surface area contributed by atoms with Crippen LogP contribution in [0.5, 0.6) is 0 Å². The summed E-state index contributed by atoms with van der Waals surface area (Å²) in [5.41, 5.74) is 4.13. The van der Waals surface area contributed by atoms with E-state index in [-0.39, 0.29) is 5.57 Å². The largest absolute Gasteiger partial charge is 0.433 e. The second kappa shape index (κ2) is 11.4. The lowest BCUT2D eigenvalue weighted by Gasteiger charge is -2.40. The molecule has 38 heavy (non-hydrogen) atoms. The van der Waals surface area contributed by atoms with E-state index in [0.29, 0.717) is 28.6 Å². The minimum absolute atomic E-state index is 0.277. The van der Waals surface area contributed by atoms with Crippen LogP contribution in [0.2, 0.25) is 0 Å². The molecule has 0 saturated carbocycles. The summed E-state index contributed by atoms with van der Waals surface area (Å²) in [5.74, 6) is 0. The van der Waals surface area contributed by atoms with Crippen molar-refractivity contribution in [3.63, 3.8) is 0 Å². The van der Waals surface area contributed by atoms with E-state index in [2.05, 4.69) is 47.1 Å². The van der Waals surface area contributed by atoms with Crippen molar-refractivity contribution >= 4 is 17.0 Å². The van der Waals surface area contributed by atoms with Gasteiger partial charge in [-0.25, -0.2) is 4.68 Å². The van der Waals surface area contributed by atoms with Crippen LogP contribution in [-0.2, 0) is 6.42 Å². The molecule has 0 unspecified atom stereocenters. The summed E-state index contributed by atoms with van der Waals surface area (Å²) in [7, 11) is 0. The lowest BCUT2D eigenvalue weighted by molar-refractivity contribution is -0.0744. The third-order valence-corrected chi connectivity index (χ3v) is 7.41. The summed E-state index contributed by atoms with van der Waals surface area (Å²) in [6.07, 6.45) is -1.20. The standard InChI is InChI=1S/C31H35F3N4/c1-6-26-12-14-27(15-13-26)22(2)20-30(31(32,33)34)38-25(5)29(21-35-38)24(4)37-18-16-36(17-19-37)23(3)28-10-8-7-9-11-28/h7-15,20-21,23H,2,4,6,16-19H2,1,3,5H3/b30-20-/t23-/m1/s1. The van der Waals surface area contributed by atoms with Crippen LogP contribution >= 0.6 is 0 Å². The van der Waals surface area contributed by atoms with Crippen molar-refractivity contribution in [2.45, 2.75) is 39.4 Å². The predicted octanol–water partition coefficient (Wildman–Crippen LogP) is 7.22. The fourth-order valence-electron chi connectivity index (χ4n) is 4.89. The van der Waals surface area contributed by atoms with Crippen molar-refractivity contribution < 1.29 is 13.2 Å². The maximum Gasteiger partial charge on any atom is 0.433 e. The van der Waals surface area contributed by atoms with Gasteiger partial charge in [-0.15, -0.1) is 0 Å². The number of aromatic nitrogens is 2. The summed E-state index contributed by atoms with van der Waals surface area (Å²) in [6, 6.07) is 18.1. The molecular formula is C31H35F3N4. The molecular weight excluding hydrogens is 485 g/mol. The van der Waals surface area contributed by atoms with Crippen LogP contribution < -0.4 is 0 Å². The summed E-state index contributed by atoms with van der Waals surface area (Å²) in [6.45, 7) is 17.2. The number of aryl methyl sites for hydroxylation is 1. The van der Waals surface area contributed by atoms with Crippen LogP contribution in [-0.4, -0.2) is 51.9 Å². The summed E-state index contributed by atoms with van der Waals surface area (Å²) in [5, 5.41) is 4.14. The van der Waals surface area contributed by atoms with Gasteiger partial charge >= 0.3 is 6.18 Å². The van der Waals surface area contributed by atoms with E-state index in [1.54, 1.807) is 19.1 Å². The molecule has 7 heteroatoms. The first-order valence-electron chi connectivity index (χ1n) is 13.0. The quantitative estimate of drug-likeness (QED) is 0.293. The zero-order valence-corrected chi connectivity index (χ0v) is 22.3. The maximum absolute atomic E-state index is 14.2. The SMILES string of the molecule is C=C(/C=C(\n1ncc(C(=C)N2CCN([C@H](C)c3ccccc3)CC2)c1C)C(F)(F)F)c1ccc(CC)cc1. The minimum atomic E-state index is -4.61. The molecule has 0 bridgehead atoms. The Morgan fingerprint density at radius 2 is 1.63 bits per heavy atom. The lowest BCUT2D eigenvalue weighted by atomic mass is 10.0. The first-order chi connectivity index (χ1) is 18.1. The number of rotatable bonds is 8. The smallest absolute Gasteiger partial charge is 0.369 e. The van der Waals surface area contributed by atoms with Crippen LogP contribution in [0.4, 0.5) is 13.2 Å². The van der Waals surface area contributed by atoms with Gasteiger partial charge in [0.05, 0.1) is 11.9 Å². The van der Waals surface area contributed by atoms with Gasteiger partial charge in [-0.1, -0.05) is 74.7 Å². The molecule has 0 aliphatic carbocycles. The van der Waals surface area contributed by atoms with Gasteiger partial charge < -0.3 is 4.90 Å². The highest BCUT2D eigenvalue weighted by Gasteiger charge is 2.37. The number of alkyl halides is 3. The zero-order chi connectivity index (χ0) is 27.4. The van der Waals surface area contributed by atoms with E-state index in [4.69, 9.17) is 0 Å². The third kappa shape index (κ3) is 5.94. The molecule has 4 rings (SSSR count). The molecule has 3 aromatic rings. The molecule has 0 amide bonds.